The normalized spacial score (nSPS) is 15.8. The minimum atomic E-state index is 0.414. The van der Waals surface area contributed by atoms with Crippen molar-refractivity contribution in [3.05, 3.63) is 89.5 Å². The first kappa shape index (κ1) is 13.1. The molecule has 1 atom stereocenters. The average molecular weight is 286 g/mol. The molecule has 3 aromatic rings. The Morgan fingerprint density at radius 3 is 2.23 bits per heavy atom. The van der Waals surface area contributed by atoms with Gasteiger partial charge < -0.3 is 4.74 Å². The number of benzene rings is 3. The Labute approximate surface area is 131 Å². The quantitative estimate of drug-likeness (QED) is 0.640. The second kappa shape index (κ2) is 5.34. The maximum Gasteiger partial charge on any atom is 0.118 e. The Morgan fingerprint density at radius 1 is 0.773 bits per heavy atom. The summed E-state index contributed by atoms with van der Waals surface area (Å²) in [5.74, 6) is 1.32. The first-order valence-corrected chi connectivity index (χ1v) is 7.68. The molecule has 0 saturated carbocycles. The van der Waals surface area contributed by atoms with E-state index in [0.717, 1.165) is 12.2 Å². The van der Waals surface area contributed by atoms with E-state index in [2.05, 4.69) is 72.8 Å². The van der Waals surface area contributed by atoms with Gasteiger partial charge in [0.2, 0.25) is 0 Å². The molecule has 0 spiro atoms. The van der Waals surface area contributed by atoms with Gasteiger partial charge in [-0.3, -0.25) is 0 Å². The van der Waals surface area contributed by atoms with E-state index >= 15 is 0 Å². The highest BCUT2D eigenvalue weighted by Crippen LogP contribution is 2.42. The molecular weight excluding hydrogens is 268 g/mol. The molecule has 0 heterocycles. The smallest absolute Gasteiger partial charge is 0.118 e. The van der Waals surface area contributed by atoms with Gasteiger partial charge in [0.15, 0.2) is 0 Å². The van der Waals surface area contributed by atoms with Gasteiger partial charge in [0, 0.05) is 5.92 Å². The molecule has 0 N–H and O–H groups in total. The number of hydrogen-bond acceptors (Lipinski definition) is 1. The van der Waals surface area contributed by atoms with Crippen molar-refractivity contribution in [2.24, 2.45) is 0 Å². The van der Waals surface area contributed by atoms with Crippen LogP contribution in [0, 0.1) is 0 Å². The van der Waals surface area contributed by atoms with Gasteiger partial charge in [-0.2, -0.15) is 0 Å². The highest BCUT2D eigenvalue weighted by Gasteiger charge is 2.25. The van der Waals surface area contributed by atoms with E-state index in [1.165, 1.54) is 27.8 Å². The van der Waals surface area contributed by atoms with Crippen LogP contribution in [0.3, 0.4) is 0 Å². The molecule has 1 aliphatic carbocycles. The van der Waals surface area contributed by atoms with Gasteiger partial charge in [-0.25, -0.2) is 0 Å². The van der Waals surface area contributed by atoms with Gasteiger partial charge >= 0.3 is 0 Å². The molecule has 0 fully saturated rings. The fraction of sp³-hybridized carbons (Fsp3) is 0.143. The minimum Gasteiger partial charge on any atom is -0.497 e. The van der Waals surface area contributed by atoms with Crippen molar-refractivity contribution in [3.8, 4) is 16.9 Å². The Bertz CT molecular complexity index is 802. The predicted molar refractivity (Wildman–Crippen MR) is 90.4 cm³/mol. The van der Waals surface area contributed by atoms with E-state index in [4.69, 9.17) is 4.74 Å². The maximum atomic E-state index is 5.28. The molecule has 3 aromatic carbocycles. The van der Waals surface area contributed by atoms with E-state index in [1.807, 2.05) is 0 Å². The van der Waals surface area contributed by atoms with E-state index in [-0.39, 0.29) is 0 Å². The van der Waals surface area contributed by atoms with Crippen molar-refractivity contribution in [1.82, 2.24) is 0 Å². The summed E-state index contributed by atoms with van der Waals surface area (Å²) in [6.07, 6.45) is 1.06. The van der Waals surface area contributed by atoms with Gasteiger partial charge in [-0.1, -0.05) is 60.7 Å². The zero-order valence-corrected chi connectivity index (χ0v) is 12.6. The lowest BCUT2D eigenvalue weighted by Crippen LogP contribution is -2.12. The molecule has 1 aliphatic rings. The zero-order chi connectivity index (χ0) is 14.9. The van der Waals surface area contributed by atoms with Crippen LogP contribution in [0.2, 0.25) is 0 Å². The van der Waals surface area contributed by atoms with Gasteiger partial charge in [0.05, 0.1) is 7.11 Å². The summed E-state index contributed by atoms with van der Waals surface area (Å²) >= 11 is 0. The number of ether oxygens (including phenoxy) is 1. The van der Waals surface area contributed by atoms with Crippen LogP contribution in [0.5, 0.6) is 5.75 Å². The van der Waals surface area contributed by atoms with Crippen LogP contribution in [0.4, 0.5) is 0 Å². The molecule has 108 valence electrons. The molecule has 1 heteroatoms. The summed E-state index contributed by atoms with van der Waals surface area (Å²) in [6, 6.07) is 26.0. The van der Waals surface area contributed by atoms with Crippen LogP contribution in [0.15, 0.2) is 72.8 Å². The third-order valence-corrected chi connectivity index (χ3v) is 4.59. The van der Waals surface area contributed by atoms with E-state index in [1.54, 1.807) is 7.11 Å². The maximum absolute atomic E-state index is 5.28. The summed E-state index contributed by atoms with van der Waals surface area (Å²) < 4.78 is 5.28. The van der Waals surface area contributed by atoms with E-state index in [0.29, 0.717) is 5.92 Å². The molecule has 4 rings (SSSR count). The van der Waals surface area contributed by atoms with Crippen LogP contribution >= 0.6 is 0 Å². The first-order chi connectivity index (χ1) is 10.9. The number of rotatable bonds is 2. The number of methoxy groups -OCH3 is 1. The van der Waals surface area contributed by atoms with Crippen LogP contribution in [-0.2, 0) is 6.42 Å². The van der Waals surface area contributed by atoms with Gasteiger partial charge in [-0.15, -0.1) is 0 Å². The minimum absolute atomic E-state index is 0.414. The van der Waals surface area contributed by atoms with Crippen LogP contribution in [0.1, 0.15) is 22.6 Å². The molecule has 0 amide bonds. The molecule has 1 nitrogen and oxygen atoms in total. The molecule has 0 saturated heterocycles. The van der Waals surface area contributed by atoms with Crippen LogP contribution < -0.4 is 4.74 Å². The van der Waals surface area contributed by atoms with Crippen molar-refractivity contribution in [2.45, 2.75) is 12.3 Å². The molecule has 0 aromatic heterocycles. The summed E-state index contributed by atoms with van der Waals surface area (Å²) in [5, 5.41) is 0. The Hall–Kier alpha value is -2.54. The molecule has 0 aliphatic heterocycles. The molecule has 0 radical (unpaired) electrons. The lowest BCUT2D eigenvalue weighted by atomic mass is 9.76. The van der Waals surface area contributed by atoms with Crippen LogP contribution in [-0.4, -0.2) is 7.11 Å². The molecule has 0 bridgehead atoms. The Morgan fingerprint density at radius 2 is 1.45 bits per heavy atom. The average Bonchev–Trinajstić information content (AvgIpc) is 2.61. The SMILES string of the molecule is COc1ccc([C@@H]2Cc3ccccc3-c3ccccc32)cc1. The second-order valence-electron chi connectivity index (χ2n) is 5.77. The van der Waals surface area contributed by atoms with Crippen LogP contribution in [0.25, 0.3) is 11.1 Å². The summed E-state index contributed by atoms with van der Waals surface area (Å²) in [7, 11) is 1.71. The molecule has 0 unspecified atom stereocenters. The van der Waals surface area contributed by atoms with Gasteiger partial charge in [0.25, 0.3) is 0 Å². The molecule has 22 heavy (non-hydrogen) atoms. The summed E-state index contributed by atoms with van der Waals surface area (Å²) in [4.78, 5) is 0. The highest BCUT2D eigenvalue weighted by molar-refractivity contribution is 5.75. The topological polar surface area (TPSA) is 9.23 Å². The zero-order valence-electron chi connectivity index (χ0n) is 12.6. The van der Waals surface area contributed by atoms with Crippen molar-refractivity contribution in [2.75, 3.05) is 7.11 Å². The predicted octanol–water partition coefficient (Wildman–Crippen LogP) is 5.05. The third kappa shape index (κ3) is 2.10. The number of hydrogen-bond donors (Lipinski definition) is 0. The van der Waals surface area contributed by atoms with Gasteiger partial charge in [0.1, 0.15) is 5.75 Å². The summed E-state index contributed by atoms with van der Waals surface area (Å²) in [5.41, 5.74) is 6.95. The number of fused-ring (bicyclic) bond motifs is 3. The van der Waals surface area contributed by atoms with E-state index in [9.17, 15) is 0 Å². The summed E-state index contributed by atoms with van der Waals surface area (Å²) in [6.45, 7) is 0. The fourth-order valence-electron chi connectivity index (χ4n) is 3.47. The molecular formula is C21H18O. The Balaban J connectivity index is 1.85. The van der Waals surface area contributed by atoms with Crippen molar-refractivity contribution in [3.63, 3.8) is 0 Å². The van der Waals surface area contributed by atoms with Gasteiger partial charge in [-0.05, 0) is 46.4 Å². The van der Waals surface area contributed by atoms with E-state index < -0.39 is 0 Å². The Kier molecular flexibility index (Phi) is 3.19. The second-order valence-corrected chi connectivity index (χ2v) is 5.77. The van der Waals surface area contributed by atoms with Crippen molar-refractivity contribution >= 4 is 0 Å². The third-order valence-electron chi connectivity index (χ3n) is 4.59. The first-order valence-electron chi connectivity index (χ1n) is 7.68. The van der Waals surface area contributed by atoms with Crippen molar-refractivity contribution < 1.29 is 4.74 Å². The monoisotopic (exact) mass is 286 g/mol. The lowest BCUT2D eigenvalue weighted by molar-refractivity contribution is 0.414. The fourth-order valence-corrected chi connectivity index (χ4v) is 3.47. The largest absolute Gasteiger partial charge is 0.497 e. The van der Waals surface area contributed by atoms with Crippen molar-refractivity contribution in [1.29, 1.82) is 0 Å². The standard InChI is InChI=1S/C21H18O/c1-22-17-12-10-15(11-13-17)21-14-16-6-2-3-7-18(16)19-8-4-5-9-20(19)21/h2-13,21H,14H2,1H3/t21-/m0/s1. The lowest BCUT2D eigenvalue weighted by Gasteiger charge is -2.28. The highest BCUT2D eigenvalue weighted by atomic mass is 16.5.